The first-order valence-corrected chi connectivity index (χ1v) is 11.9. The molecule has 0 amide bonds. The molecule has 0 N–H and O–H groups in total. The molecule has 5 nitrogen and oxygen atoms in total. The second-order valence-corrected chi connectivity index (χ2v) is 8.64. The normalized spacial score (nSPS) is 13.2. The number of fused-ring (bicyclic) bond motifs is 1. The van der Waals surface area contributed by atoms with Gasteiger partial charge in [0.15, 0.2) is 0 Å². The Labute approximate surface area is 204 Å². The van der Waals surface area contributed by atoms with Crippen LogP contribution >= 0.6 is 0 Å². The van der Waals surface area contributed by atoms with Crippen LogP contribution < -0.4 is 14.4 Å². The van der Waals surface area contributed by atoms with Crippen LogP contribution in [0.5, 0.6) is 23.1 Å². The lowest BCUT2D eigenvalue weighted by Gasteiger charge is -2.17. The Morgan fingerprint density at radius 3 is 2.31 bits per heavy atom. The predicted octanol–water partition coefficient (Wildman–Crippen LogP) is 7.48. The molecule has 0 bridgehead atoms. The fourth-order valence-electron chi connectivity index (χ4n) is 4.43. The van der Waals surface area contributed by atoms with Crippen LogP contribution in [0.3, 0.4) is 0 Å². The number of para-hydroxylation sites is 1. The molecule has 0 radical (unpaired) electrons. The van der Waals surface area contributed by atoms with Crippen LogP contribution in [-0.4, -0.2) is 23.1 Å². The summed E-state index contributed by atoms with van der Waals surface area (Å²) in [5.41, 5.74) is 4.04. The van der Waals surface area contributed by atoms with Crippen molar-refractivity contribution < 1.29 is 9.47 Å². The maximum Gasteiger partial charge on any atom is 0.221 e. The number of ether oxygens (including phenoxy) is 2. The molecule has 1 fully saturated rings. The van der Waals surface area contributed by atoms with E-state index in [1.165, 1.54) is 12.8 Å². The number of nitrogens with zero attached hydrogens (tertiary/aromatic N) is 3. The van der Waals surface area contributed by atoms with Gasteiger partial charge in [0.1, 0.15) is 17.2 Å². The van der Waals surface area contributed by atoms with Crippen LogP contribution in [-0.2, 0) is 0 Å². The van der Waals surface area contributed by atoms with E-state index in [0.717, 1.165) is 46.7 Å². The van der Waals surface area contributed by atoms with E-state index in [4.69, 9.17) is 14.5 Å². The van der Waals surface area contributed by atoms with Gasteiger partial charge < -0.3 is 14.4 Å². The largest absolute Gasteiger partial charge is 0.457 e. The van der Waals surface area contributed by atoms with Crippen molar-refractivity contribution in [2.45, 2.75) is 12.8 Å². The molecule has 5 aromatic rings. The Kier molecular flexibility index (Phi) is 5.73. The number of rotatable bonds is 6. The number of aromatic nitrogens is 2. The van der Waals surface area contributed by atoms with Crippen molar-refractivity contribution >= 4 is 16.6 Å². The first kappa shape index (κ1) is 21.2. The minimum absolute atomic E-state index is 0.580. The average Bonchev–Trinajstić information content (AvgIpc) is 3.44. The standard InChI is InChI=1S/C30H25N3O2/c1-2-12-28-22(7-1)13-14-29(32-28)23-8-5-9-25(19-23)34-26-10-6-11-27(21-26)35-30-20-24(15-16-31-30)33-17-3-4-18-33/h1-2,5-16,19-21H,3-4,17-18H2. The summed E-state index contributed by atoms with van der Waals surface area (Å²) in [5, 5.41) is 1.13. The Morgan fingerprint density at radius 2 is 1.43 bits per heavy atom. The van der Waals surface area contributed by atoms with Gasteiger partial charge >= 0.3 is 0 Å². The van der Waals surface area contributed by atoms with Gasteiger partial charge in [0.05, 0.1) is 11.2 Å². The van der Waals surface area contributed by atoms with Crippen molar-refractivity contribution in [3.63, 3.8) is 0 Å². The van der Waals surface area contributed by atoms with Crippen LogP contribution in [0.4, 0.5) is 5.69 Å². The fourth-order valence-corrected chi connectivity index (χ4v) is 4.43. The molecule has 1 aliphatic heterocycles. The highest BCUT2D eigenvalue weighted by atomic mass is 16.5. The van der Waals surface area contributed by atoms with Gasteiger partial charge in [-0.25, -0.2) is 9.97 Å². The summed E-state index contributed by atoms with van der Waals surface area (Å²) in [4.78, 5) is 11.6. The molecule has 1 saturated heterocycles. The van der Waals surface area contributed by atoms with E-state index >= 15 is 0 Å². The Morgan fingerprint density at radius 1 is 0.657 bits per heavy atom. The van der Waals surface area contributed by atoms with Crippen molar-refractivity contribution in [1.29, 1.82) is 0 Å². The molecule has 6 rings (SSSR count). The smallest absolute Gasteiger partial charge is 0.221 e. The summed E-state index contributed by atoms with van der Waals surface area (Å²) in [6.07, 6.45) is 4.27. The number of hydrogen-bond donors (Lipinski definition) is 0. The molecule has 0 aliphatic carbocycles. The molecule has 35 heavy (non-hydrogen) atoms. The Hall–Kier alpha value is -4.38. The third kappa shape index (κ3) is 4.80. The van der Waals surface area contributed by atoms with Crippen LogP contribution in [0.15, 0.2) is 103 Å². The Balaban J connectivity index is 1.20. The number of anilines is 1. The number of hydrogen-bond acceptors (Lipinski definition) is 5. The minimum atomic E-state index is 0.580. The van der Waals surface area contributed by atoms with E-state index in [-0.39, 0.29) is 0 Å². The zero-order valence-electron chi connectivity index (χ0n) is 19.3. The van der Waals surface area contributed by atoms with Crippen molar-refractivity contribution in [2.24, 2.45) is 0 Å². The maximum atomic E-state index is 6.17. The summed E-state index contributed by atoms with van der Waals surface area (Å²) < 4.78 is 12.2. The zero-order chi connectivity index (χ0) is 23.5. The lowest BCUT2D eigenvalue weighted by atomic mass is 10.1. The van der Waals surface area contributed by atoms with Crippen molar-refractivity contribution in [1.82, 2.24) is 9.97 Å². The van der Waals surface area contributed by atoms with Gasteiger partial charge in [-0.15, -0.1) is 0 Å². The highest BCUT2D eigenvalue weighted by molar-refractivity contribution is 5.81. The second-order valence-electron chi connectivity index (χ2n) is 8.64. The molecular weight excluding hydrogens is 434 g/mol. The topological polar surface area (TPSA) is 47.5 Å². The highest BCUT2D eigenvalue weighted by Gasteiger charge is 2.13. The molecule has 172 valence electrons. The molecule has 0 saturated carbocycles. The van der Waals surface area contributed by atoms with Crippen LogP contribution in [0.2, 0.25) is 0 Å². The summed E-state index contributed by atoms with van der Waals surface area (Å²) in [6, 6.07) is 31.9. The van der Waals surface area contributed by atoms with E-state index < -0.39 is 0 Å². The lowest BCUT2D eigenvalue weighted by molar-refractivity contribution is 0.449. The summed E-state index contributed by atoms with van der Waals surface area (Å²) >= 11 is 0. The lowest BCUT2D eigenvalue weighted by Crippen LogP contribution is -2.17. The molecule has 3 heterocycles. The molecule has 0 atom stereocenters. The molecule has 5 heteroatoms. The van der Waals surface area contributed by atoms with E-state index in [0.29, 0.717) is 17.4 Å². The summed E-state index contributed by atoms with van der Waals surface area (Å²) in [7, 11) is 0. The fraction of sp³-hybridized carbons (Fsp3) is 0.133. The van der Waals surface area contributed by atoms with Gasteiger partial charge in [-0.3, -0.25) is 0 Å². The summed E-state index contributed by atoms with van der Waals surface area (Å²) in [6.45, 7) is 2.17. The van der Waals surface area contributed by atoms with E-state index in [1.807, 2.05) is 84.9 Å². The zero-order valence-corrected chi connectivity index (χ0v) is 19.3. The highest BCUT2D eigenvalue weighted by Crippen LogP contribution is 2.31. The molecule has 0 unspecified atom stereocenters. The van der Waals surface area contributed by atoms with Crippen LogP contribution in [0, 0.1) is 0 Å². The van der Waals surface area contributed by atoms with Gasteiger partial charge in [-0.05, 0) is 55.3 Å². The van der Waals surface area contributed by atoms with Gasteiger partial charge in [0.25, 0.3) is 0 Å². The Bertz CT molecular complexity index is 1480. The number of benzene rings is 3. The van der Waals surface area contributed by atoms with Gasteiger partial charge in [0.2, 0.25) is 5.88 Å². The van der Waals surface area contributed by atoms with Crippen LogP contribution in [0.25, 0.3) is 22.2 Å². The molecule has 2 aromatic heterocycles. The van der Waals surface area contributed by atoms with Crippen molar-refractivity contribution in [3.8, 4) is 34.4 Å². The van der Waals surface area contributed by atoms with Crippen molar-refractivity contribution in [2.75, 3.05) is 18.0 Å². The van der Waals surface area contributed by atoms with E-state index in [1.54, 1.807) is 6.20 Å². The first-order chi connectivity index (χ1) is 17.3. The average molecular weight is 460 g/mol. The van der Waals surface area contributed by atoms with Gasteiger partial charge in [0, 0.05) is 48.1 Å². The molecule has 1 aliphatic rings. The van der Waals surface area contributed by atoms with Crippen LogP contribution in [0.1, 0.15) is 12.8 Å². The number of pyridine rings is 2. The third-order valence-corrected chi connectivity index (χ3v) is 6.18. The molecular formula is C30H25N3O2. The van der Waals surface area contributed by atoms with Crippen molar-refractivity contribution in [3.05, 3.63) is 103 Å². The summed E-state index contributed by atoms with van der Waals surface area (Å²) in [5.74, 6) is 2.70. The quantitative estimate of drug-likeness (QED) is 0.263. The maximum absolute atomic E-state index is 6.17. The first-order valence-electron chi connectivity index (χ1n) is 11.9. The molecule has 0 spiro atoms. The predicted molar refractivity (Wildman–Crippen MR) is 139 cm³/mol. The van der Waals surface area contributed by atoms with Gasteiger partial charge in [-0.2, -0.15) is 0 Å². The third-order valence-electron chi connectivity index (χ3n) is 6.18. The molecule has 3 aromatic carbocycles. The monoisotopic (exact) mass is 459 g/mol. The van der Waals surface area contributed by atoms with E-state index in [9.17, 15) is 0 Å². The SMILES string of the molecule is c1cc(Oc2cccc(-c3ccc4ccccc4n3)c2)cc(Oc2cc(N3CCCC3)ccn2)c1. The van der Waals surface area contributed by atoms with Gasteiger partial charge in [-0.1, -0.05) is 42.5 Å². The van der Waals surface area contributed by atoms with E-state index in [2.05, 4.69) is 22.0 Å². The minimum Gasteiger partial charge on any atom is -0.457 e. The second kappa shape index (κ2) is 9.47.